The molecule has 0 amide bonds. The van der Waals surface area contributed by atoms with Gasteiger partial charge >= 0.3 is 0 Å². The summed E-state index contributed by atoms with van der Waals surface area (Å²) in [6, 6.07) is 17.7. The highest BCUT2D eigenvalue weighted by molar-refractivity contribution is 5.67. The van der Waals surface area contributed by atoms with Crippen molar-refractivity contribution in [3.8, 4) is 11.4 Å². The molecular formula is C19H17N3O. The quantitative estimate of drug-likeness (QED) is 0.781. The first-order valence-corrected chi connectivity index (χ1v) is 7.70. The lowest BCUT2D eigenvalue weighted by Crippen LogP contribution is -2.30. The van der Waals surface area contributed by atoms with Gasteiger partial charge in [0.2, 0.25) is 0 Å². The Hall–Kier alpha value is -2.56. The maximum absolute atomic E-state index is 10.8. The molecule has 0 saturated heterocycles. The van der Waals surface area contributed by atoms with Crippen LogP contribution in [0.3, 0.4) is 0 Å². The third-order valence-electron chi connectivity index (χ3n) is 4.24. The fraction of sp³-hybridized carbons (Fsp3) is 0.158. The van der Waals surface area contributed by atoms with Crippen molar-refractivity contribution in [2.24, 2.45) is 0 Å². The Bertz CT molecular complexity index is 820. The van der Waals surface area contributed by atoms with Crippen molar-refractivity contribution in [2.75, 3.05) is 0 Å². The summed E-state index contributed by atoms with van der Waals surface area (Å²) in [5.74, 6) is 0. The SMILES string of the molecule is O[C@@H]1c2cccnc2-c2ncccc2[C@H]1NCc1ccccc1. The van der Waals surface area contributed by atoms with E-state index < -0.39 is 6.10 Å². The molecule has 4 rings (SSSR count). The van der Waals surface area contributed by atoms with E-state index in [9.17, 15) is 5.11 Å². The second kappa shape index (κ2) is 5.91. The molecule has 23 heavy (non-hydrogen) atoms. The molecule has 2 heterocycles. The molecule has 114 valence electrons. The molecule has 3 aromatic rings. The Morgan fingerprint density at radius 3 is 2.22 bits per heavy atom. The summed E-state index contributed by atoms with van der Waals surface area (Å²) >= 11 is 0. The number of aliphatic hydroxyl groups is 1. The monoisotopic (exact) mass is 303 g/mol. The molecule has 0 spiro atoms. The van der Waals surface area contributed by atoms with E-state index in [1.807, 2.05) is 42.5 Å². The smallest absolute Gasteiger partial charge is 0.101 e. The van der Waals surface area contributed by atoms with Crippen LogP contribution in [-0.4, -0.2) is 15.1 Å². The van der Waals surface area contributed by atoms with E-state index in [2.05, 4.69) is 27.4 Å². The number of aliphatic hydroxyl groups excluding tert-OH is 1. The molecule has 0 saturated carbocycles. The van der Waals surface area contributed by atoms with Crippen molar-refractivity contribution < 1.29 is 5.11 Å². The minimum absolute atomic E-state index is 0.199. The van der Waals surface area contributed by atoms with Crippen molar-refractivity contribution in [3.05, 3.63) is 83.7 Å². The van der Waals surface area contributed by atoms with Gasteiger partial charge in [0.25, 0.3) is 0 Å². The minimum Gasteiger partial charge on any atom is -0.386 e. The maximum Gasteiger partial charge on any atom is 0.101 e. The Morgan fingerprint density at radius 2 is 1.48 bits per heavy atom. The molecule has 0 radical (unpaired) electrons. The average Bonchev–Trinajstić information content (AvgIpc) is 2.63. The predicted octanol–water partition coefficient (Wildman–Crippen LogP) is 3.02. The van der Waals surface area contributed by atoms with Gasteiger partial charge in [-0.3, -0.25) is 9.97 Å². The van der Waals surface area contributed by atoms with Gasteiger partial charge in [0.05, 0.1) is 17.4 Å². The Morgan fingerprint density at radius 1 is 0.826 bits per heavy atom. The Labute approximate surface area is 134 Å². The van der Waals surface area contributed by atoms with E-state index in [1.54, 1.807) is 12.4 Å². The van der Waals surface area contributed by atoms with Crippen molar-refractivity contribution in [2.45, 2.75) is 18.7 Å². The van der Waals surface area contributed by atoms with Crippen LogP contribution in [0.15, 0.2) is 67.0 Å². The zero-order chi connectivity index (χ0) is 15.6. The number of rotatable bonds is 3. The summed E-state index contributed by atoms with van der Waals surface area (Å²) in [6.07, 6.45) is 2.87. The number of nitrogens with one attached hydrogen (secondary N) is 1. The zero-order valence-electron chi connectivity index (χ0n) is 12.6. The van der Waals surface area contributed by atoms with Gasteiger partial charge in [-0.15, -0.1) is 0 Å². The standard InChI is InChI=1S/C19H17N3O/c23-19-15-9-5-11-21-17(15)16-14(8-4-10-20-16)18(19)22-12-13-6-2-1-3-7-13/h1-11,18-19,22-23H,12H2/t18-,19-/m1/s1. The first kappa shape index (κ1) is 14.1. The topological polar surface area (TPSA) is 58.0 Å². The second-order valence-corrected chi connectivity index (χ2v) is 5.67. The van der Waals surface area contributed by atoms with Crippen LogP contribution >= 0.6 is 0 Å². The first-order valence-electron chi connectivity index (χ1n) is 7.70. The lowest BCUT2D eigenvalue weighted by Gasteiger charge is -2.31. The maximum atomic E-state index is 10.8. The molecule has 2 N–H and O–H groups in total. The van der Waals surface area contributed by atoms with Gasteiger partial charge in [-0.1, -0.05) is 42.5 Å². The number of benzene rings is 1. The van der Waals surface area contributed by atoms with Gasteiger partial charge in [-0.2, -0.15) is 0 Å². The van der Waals surface area contributed by atoms with E-state index in [0.717, 1.165) is 22.5 Å². The molecule has 0 aliphatic heterocycles. The van der Waals surface area contributed by atoms with E-state index in [4.69, 9.17) is 0 Å². The fourth-order valence-corrected chi connectivity index (χ4v) is 3.12. The number of pyridine rings is 2. The van der Waals surface area contributed by atoms with Gasteiger partial charge in [0.1, 0.15) is 6.10 Å². The normalized spacial score (nSPS) is 19.0. The molecule has 2 atom stereocenters. The van der Waals surface area contributed by atoms with Crippen LogP contribution in [0.25, 0.3) is 11.4 Å². The number of fused-ring (bicyclic) bond motifs is 3. The van der Waals surface area contributed by atoms with Gasteiger partial charge in [-0.25, -0.2) is 0 Å². The molecule has 2 aromatic heterocycles. The van der Waals surface area contributed by atoms with Crippen molar-refractivity contribution >= 4 is 0 Å². The first-order chi connectivity index (χ1) is 11.3. The summed E-state index contributed by atoms with van der Waals surface area (Å²) in [6.45, 7) is 0.687. The molecule has 0 bridgehead atoms. The van der Waals surface area contributed by atoms with Gasteiger partial charge in [0.15, 0.2) is 0 Å². The van der Waals surface area contributed by atoms with E-state index in [0.29, 0.717) is 6.54 Å². The van der Waals surface area contributed by atoms with E-state index >= 15 is 0 Å². The Kier molecular flexibility index (Phi) is 3.61. The number of hydrogen-bond donors (Lipinski definition) is 2. The zero-order valence-corrected chi connectivity index (χ0v) is 12.6. The molecular weight excluding hydrogens is 286 g/mol. The average molecular weight is 303 g/mol. The Balaban J connectivity index is 1.70. The van der Waals surface area contributed by atoms with Crippen LogP contribution < -0.4 is 5.32 Å². The van der Waals surface area contributed by atoms with Crippen LogP contribution in [0.4, 0.5) is 0 Å². The number of aromatic nitrogens is 2. The van der Waals surface area contributed by atoms with Gasteiger partial charge < -0.3 is 10.4 Å². The summed E-state index contributed by atoms with van der Waals surface area (Å²) in [7, 11) is 0. The van der Waals surface area contributed by atoms with Crippen molar-refractivity contribution in [1.29, 1.82) is 0 Å². The van der Waals surface area contributed by atoms with Crippen LogP contribution in [0, 0.1) is 0 Å². The highest BCUT2D eigenvalue weighted by Gasteiger charge is 2.33. The minimum atomic E-state index is -0.640. The summed E-state index contributed by atoms with van der Waals surface area (Å²) in [5, 5.41) is 14.3. The lowest BCUT2D eigenvalue weighted by atomic mass is 9.86. The lowest BCUT2D eigenvalue weighted by molar-refractivity contribution is 0.125. The van der Waals surface area contributed by atoms with Crippen LogP contribution in [-0.2, 0) is 6.54 Å². The predicted molar refractivity (Wildman–Crippen MR) is 88.5 cm³/mol. The summed E-state index contributed by atoms with van der Waals surface area (Å²) in [4.78, 5) is 8.90. The largest absolute Gasteiger partial charge is 0.386 e. The molecule has 0 fully saturated rings. The third kappa shape index (κ3) is 2.52. The van der Waals surface area contributed by atoms with Crippen molar-refractivity contribution in [1.82, 2.24) is 15.3 Å². The van der Waals surface area contributed by atoms with Gasteiger partial charge in [0, 0.05) is 24.5 Å². The fourth-order valence-electron chi connectivity index (χ4n) is 3.12. The van der Waals surface area contributed by atoms with Crippen LogP contribution in [0.5, 0.6) is 0 Å². The highest BCUT2D eigenvalue weighted by atomic mass is 16.3. The number of hydrogen-bond acceptors (Lipinski definition) is 4. The number of nitrogens with zero attached hydrogens (tertiary/aromatic N) is 2. The third-order valence-corrected chi connectivity index (χ3v) is 4.24. The van der Waals surface area contributed by atoms with E-state index in [1.165, 1.54) is 5.56 Å². The molecule has 1 aliphatic rings. The summed E-state index contributed by atoms with van der Waals surface area (Å²) in [5.41, 5.74) is 4.61. The summed E-state index contributed by atoms with van der Waals surface area (Å²) < 4.78 is 0. The van der Waals surface area contributed by atoms with Crippen LogP contribution in [0.1, 0.15) is 28.8 Å². The second-order valence-electron chi connectivity index (χ2n) is 5.67. The molecule has 4 nitrogen and oxygen atoms in total. The van der Waals surface area contributed by atoms with E-state index in [-0.39, 0.29) is 6.04 Å². The van der Waals surface area contributed by atoms with Gasteiger partial charge in [-0.05, 0) is 23.3 Å². The van der Waals surface area contributed by atoms with Crippen molar-refractivity contribution in [3.63, 3.8) is 0 Å². The molecule has 1 aromatic carbocycles. The molecule has 1 aliphatic carbocycles. The highest BCUT2D eigenvalue weighted by Crippen LogP contribution is 2.42. The molecule has 4 heteroatoms. The van der Waals surface area contributed by atoms with Crippen LogP contribution in [0.2, 0.25) is 0 Å². The molecule has 0 unspecified atom stereocenters.